The quantitative estimate of drug-likeness (QED) is 0.849. The molecular weight excluding hydrogens is 246 g/mol. The number of hydrogen-bond donors (Lipinski definition) is 1. The van der Waals surface area contributed by atoms with Gasteiger partial charge in [-0.1, -0.05) is 24.9 Å². The van der Waals surface area contributed by atoms with Gasteiger partial charge < -0.3 is 10.1 Å². The van der Waals surface area contributed by atoms with Crippen LogP contribution >= 0.6 is 11.6 Å². The Kier molecular flexibility index (Phi) is 5.97. The molecule has 0 fully saturated rings. The Morgan fingerprint density at radius 3 is 2.56 bits per heavy atom. The van der Waals surface area contributed by atoms with E-state index >= 15 is 0 Å². The van der Waals surface area contributed by atoms with Gasteiger partial charge in [0.05, 0.1) is 7.11 Å². The molecule has 1 aromatic carbocycles. The minimum absolute atomic E-state index is 0.612. The molecule has 1 N–H and O–H groups in total. The average molecular weight is 270 g/mol. The van der Waals surface area contributed by atoms with Crippen LogP contribution in [0.15, 0.2) is 6.07 Å². The molecule has 1 rings (SSSR count). The second kappa shape index (κ2) is 7.01. The van der Waals surface area contributed by atoms with E-state index in [0.717, 1.165) is 41.3 Å². The summed E-state index contributed by atoms with van der Waals surface area (Å²) in [7, 11) is 3.72. The summed E-state index contributed by atoms with van der Waals surface area (Å²) >= 11 is 6.34. The Morgan fingerprint density at radius 2 is 2.06 bits per heavy atom. The fraction of sp³-hybridized carbons (Fsp3) is 0.600. The maximum atomic E-state index is 6.34. The fourth-order valence-corrected chi connectivity index (χ4v) is 2.50. The van der Waals surface area contributed by atoms with Crippen LogP contribution in [0.4, 0.5) is 0 Å². The van der Waals surface area contributed by atoms with Crippen molar-refractivity contribution in [3.8, 4) is 5.75 Å². The van der Waals surface area contributed by atoms with E-state index in [1.807, 2.05) is 20.0 Å². The predicted molar refractivity (Wildman–Crippen MR) is 78.9 cm³/mol. The van der Waals surface area contributed by atoms with E-state index in [1.54, 1.807) is 7.11 Å². The molecule has 0 saturated carbocycles. The highest BCUT2D eigenvalue weighted by Crippen LogP contribution is 2.33. The highest BCUT2D eigenvalue weighted by molar-refractivity contribution is 6.32. The first kappa shape index (κ1) is 15.3. The van der Waals surface area contributed by atoms with Gasteiger partial charge in [0.1, 0.15) is 5.75 Å². The second-order valence-corrected chi connectivity index (χ2v) is 5.23. The molecule has 18 heavy (non-hydrogen) atoms. The van der Waals surface area contributed by atoms with Crippen LogP contribution in [-0.2, 0) is 6.42 Å². The van der Waals surface area contributed by atoms with Crippen LogP contribution < -0.4 is 10.1 Å². The van der Waals surface area contributed by atoms with Crippen LogP contribution in [0.25, 0.3) is 0 Å². The van der Waals surface area contributed by atoms with Crippen LogP contribution in [0.5, 0.6) is 5.75 Å². The summed E-state index contributed by atoms with van der Waals surface area (Å²) in [5.41, 5.74) is 3.48. The number of aryl methyl sites for hydroxylation is 1. The summed E-state index contributed by atoms with van der Waals surface area (Å²) in [5.74, 6) is 1.57. The molecular formula is C15H24ClNO. The van der Waals surface area contributed by atoms with E-state index in [9.17, 15) is 0 Å². The number of nitrogens with one attached hydrogen (secondary N) is 1. The molecule has 102 valence electrons. The lowest BCUT2D eigenvalue weighted by Gasteiger charge is -2.20. The summed E-state index contributed by atoms with van der Waals surface area (Å²) in [6.45, 7) is 7.34. The number of benzene rings is 1. The molecule has 1 atom stereocenters. The molecule has 0 saturated heterocycles. The van der Waals surface area contributed by atoms with Gasteiger partial charge in [0.25, 0.3) is 0 Å². The molecule has 0 amide bonds. The van der Waals surface area contributed by atoms with Gasteiger partial charge in [-0.2, -0.15) is 0 Å². The first-order valence-electron chi connectivity index (χ1n) is 6.52. The number of rotatable bonds is 6. The zero-order chi connectivity index (χ0) is 13.7. The van der Waals surface area contributed by atoms with Crippen molar-refractivity contribution in [3.63, 3.8) is 0 Å². The summed E-state index contributed by atoms with van der Waals surface area (Å²) in [4.78, 5) is 0. The Hall–Kier alpha value is -0.730. The zero-order valence-corrected chi connectivity index (χ0v) is 12.8. The molecule has 2 nitrogen and oxygen atoms in total. The van der Waals surface area contributed by atoms with Gasteiger partial charge in [0.2, 0.25) is 0 Å². The smallest absolute Gasteiger partial charge is 0.122 e. The van der Waals surface area contributed by atoms with Crippen molar-refractivity contribution in [2.75, 3.05) is 20.7 Å². The minimum Gasteiger partial charge on any atom is -0.496 e. The average Bonchev–Trinajstić information content (AvgIpc) is 2.37. The molecule has 0 aliphatic rings. The van der Waals surface area contributed by atoms with Crippen molar-refractivity contribution in [2.45, 2.75) is 33.6 Å². The normalized spacial score (nSPS) is 12.6. The third kappa shape index (κ3) is 3.39. The van der Waals surface area contributed by atoms with Crippen molar-refractivity contribution in [2.24, 2.45) is 5.92 Å². The molecule has 1 unspecified atom stereocenters. The van der Waals surface area contributed by atoms with E-state index in [4.69, 9.17) is 16.3 Å². The third-order valence-corrected chi connectivity index (χ3v) is 4.14. The highest BCUT2D eigenvalue weighted by atomic mass is 35.5. The van der Waals surface area contributed by atoms with Crippen LogP contribution in [0, 0.1) is 19.8 Å². The molecule has 3 heteroatoms. The van der Waals surface area contributed by atoms with Crippen LogP contribution in [0.3, 0.4) is 0 Å². The molecule has 0 radical (unpaired) electrons. The minimum atomic E-state index is 0.612. The third-order valence-electron chi connectivity index (χ3n) is 3.56. The number of hydrogen-bond acceptors (Lipinski definition) is 2. The van der Waals surface area contributed by atoms with Crippen LogP contribution in [-0.4, -0.2) is 20.7 Å². The molecule has 1 aromatic rings. The van der Waals surface area contributed by atoms with Gasteiger partial charge in [-0.05, 0) is 62.5 Å². The lowest BCUT2D eigenvalue weighted by Crippen LogP contribution is -2.20. The number of ether oxygens (including phenoxy) is 1. The maximum Gasteiger partial charge on any atom is 0.122 e. The summed E-state index contributed by atoms with van der Waals surface area (Å²) < 4.78 is 5.51. The van der Waals surface area contributed by atoms with Gasteiger partial charge in [0, 0.05) is 5.02 Å². The van der Waals surface area contributed by atoms with E-state index < -0.39 is 0 Å². The number of halogens is 1. The zero-order valence-electron chi connectivity index (χ0n) is 12.1. The second-order valence-electron chi connectivity index (χ2n) is 4.85. The Bertz CT molecular complexity index is 404. The van der Waals surface area contributed by atoms with Crippen molar-refractivity contribution < 1.29 is 4.74 Å². The Balaban J connectivity index is 3.10. The van der Waals surface area contributed by atoms with E-state index in [-0.39, 0.29) is 0 Å². The van der Waals surface area contributed by atoms with Crippen LogP contribution in [0.2, 0.25) is 5.02 Å². The van der Waals surface area contributed by atoms with Crippen molar-refractivity contribution >= 4 is 11.6 Å². The number of methoxy groups -OCH3 is 1. The van der Waals surface area contributed by atoms with E-state index in [2.05, 4.69) is 19.2 Å². The lowest BCUT2D eigenvalue weighted by atomic mass is 9.92. The van der Waals surface area contributed by atoms with Crippen molar-refractivity contribution in [3.05, 3.63) is 27.8 Å². The molecule has 0 spiro atoms. The summed E-state index contributed by atoms with van der Waals surface area (Å²) in [6, 6.07) is 2.04. The largest absolute Gasteiger partial charge is 0.496 e. The Labute approximate surface area is 116 Å². The predicted octanol–water partition coefficient (Wildman–Crippen LogP) is 3.75. The van der Waals surface area contributed by atoms with Gasteiger partial charge in [-0.25, -0.2) is 0 Å². The van der Waals surface area contributed by atoms with Gasteiger partial charge in [-0.3, -0.25) is 0 Å². The van der Waals surface area contributed by atoms with Gasteiger partial charge in [-0.15, -0.1) is 0 Å². The monoisotopic (exact) mass is 269 g/mol. The van der Waals surface area contributed by atoms with Crippen molar-refractivity contribution in [1.82, 2.24) is 5.32 Å². The first-order valence-corrected chi connectivity index (χ1v) is 6.90. The lowest BCUT2D eigenvalue weighted by molar-refractivity contribution is 0.399. The first-order chi connectivity index (χ1) is 8.54. The summed E-state index contributed by atoms with van der Waals surface area (Å²) in [5, 5.41) is 4.11. The molecule has 0 aromatic heterocycles. The molecule has 0 heterocycles. The van der Waals surface area contributed by atoms with Gasteiger partial charge >= 0.3 is 0 Å². The van der Waals surface area contributed by atoms with Crippen LogP contribution in [0.1, 0.15) is 30.0 Å². The van der Waals surface area contributed by atoms with Crippen molar-refractivity contribution in [1.29, 1.82) is 0 Å². The van der Waals surface area contributed by atoms with E-state index in [1.165, 1.54) is 5.56 Å². The molecule has 0 bridgehead atoms. The SMILES string of the molecule is CCC(CNC)Cc1c(OC)cc(C)c(Cl)c1C. The molecule has 0 aliphatic heterocycles. The van der Waals surface area contributed by atoms with Gasteiger partial charge in [0.15, 0.2) is 0 Å². The highest BCUT2D eigenvalue weighted by Gasteiger charge is 2.16. The summed E-state index contributed by atoms with van der Waals surface area (Å²) in [6.07, 6.45) is 2.15. The Morgan fingerprint density at radius 1 is 1.39 bits per heavy atom. The topological polar surface area (TPSA) is 21.3 Å². The standard InChI is InChI=1S/C15H24ClNO/c1-6-12(9-17-4)8-13-11(3)15(16)10(2)7-14(13)18-5/h7,12,17H,6,8-9H2,1-5H3. The molecule has 0 aliphatic carbocycles. The maximum absolute atomic E-state index is 6.34. The van der Waals surface area contributed by atoms with E-state index in [0.29, 0.717) is 5.92 Å². The fourth-order valence-electron chi connectivity index (χ4n) is 2.33.